The van der Waals surface area contributed by atoms with Crippen molar-refractivity contribution in [3.63, 3.8) is 0 Å². The van der Waals surface area contributed by atoms with Crippen LogP contribution in [0.15, 0.2) is 38.2 Å². The summed E-state index contributed by atoms with van der Waals surface area (Å²) in [7, 11) is -0.458. The van der Waals surface area contributed by atoms with Crippen LogP contribution < -0.4 is 0 Å². The Morgan fingerprint density at radius 3 is 1.67 bits per heavy atom. The molecule has 0 saturated carbocycles. The summed E-state index contributed by atoms with van der Waals surface area (Å²) < 4.78 is 9.57. The van der Waals surface area contributed by atoms with Gasteiger partial charge in [-0.25, -0.2) is 0 Å². The molecule has 0 saturated heterocycles. The molecule has 0 unspecified atom stereocenters. The lowest BCUT2D eigenvalue weighted by Gasteiger charge is -2.03. The molecule has 0 amide bonds. The lowest BCUT2D eigenvalue weighted by molar-refractivity contribution is 0.357. The second-order valence-corrected chi connectivity index (χ2v) is 1.21. The van der Waals surface area contributed by atoms with Gasteiger partial charge in [0.25, 0.3) is 0 Å². The van der Waals surface area contributed by atoms with Gasteiger partial charge in [-0.1, -0.05) is 13.2 Å². The number of rotatable bonds is 5. The minimum absolute atomic E-state index is 0.458. The van der Waals surface area contributed by atoms with E-state index in [4.69, 9.17) is 9.31 Å². The third-order valence-electron chi connectivity index (χ3n) is 0.653. The van der Waals surface area contributed by atoms with Crippen LogP contribution in [-0.2, 0) is 9.31 Å². The zero-order valence-electron chi connectivity index (χ0n) is 5.25. The molecule has 9 heavy (non-hydrogen) atoms. The van der Waals surface area contributed by atoms with Crippen LogP contribution >= 0.6 is 0 Å². The Kier molecular flexibility index (Phi) is 4.41. The Morgan fingerprint density at radius 1 is 1.00 bits per heavy atom. The first-order valence-corrected chi connectivity index (χ1v) is 2.50. The van der Waals surface area contributed by atoms with E-state index in [9.17, 15) is 0 Å². The molecular formula is C6H9BO2. The lowest BCUT2D eigenvalue weighted by atomic mass is 9.91. The van der Waals surface area contributed by atoms with E-state index in [0.717, 1.165) is 0 Å². The Morgan fingerprint density at radius 2 is 1.44 bits per heavy atom. The predicted molar refractivity (Wildman–Crippen MR) is 38.5 cm³/mol. The van der Waals surface area contributed by atoms with Gasteiger partial charge < -0.3 is 9.31 Å². The van der Waals surface area contributed by atoms with Crippen LogP contribution in [-0.4, -0.2) is 7.12 Å². The monoisotopic (exact) mass is 124 g/mol. The van der Waals surface area contributed by atoms with Gasteiger partial charge in [-0.15, -0.1) is 6.58 Å². The first kappa shape index (κ1) is 7.88. The van der Waals surface area contributed by atoms with Crippen LogP contribution in [0.3, 0.4) is 0 Å². The first-order valence-electron chi connectivity index (χ1n) is 2.50. The largest absolute Gasteiger partial charge is 0.623 e. The van der Waals surface area contributed by atoms with Gasteiger partial charge in [-0.2, -0.15) is 0 Å². The molecule has 48 valence electrons. The van der Waals surface area contributed by atoms with Crippen molar-refractivity contribution < 1.29 is 9.31 Å². The third kappa shape index (κ3) is 3.47. The number of hydrogen-bond donors (Lipinski definition) is 0. The summed E-state index contributed by atoms with van der Waals surface area (Å²) in [5.41, 5.74) is 0. The third-order valence-corrected chi connectivity index (χ3v) is 0.653. The van der Waals surface area contributed by atoms with Crippen LogP contribution in [0.5, 0.6) is 0 Å². The quantitative estimate of drug-likeness (QED) is 0.408. The van der Waals surface area contributed by atoms with Gasteiger partial charge in [-0.05, 0) is 5.98 Å². The van der Waals surface area contributed by atoms with Crippen LogP contribution in [0, 0.1) is 0 Å². The normalized spacial score (nSPS) is 7.11. The summed E-state index contributed by atoms with van der Waals surface area (Å²) in [6.07, 6.45) is 2.58. The molecule has 0 N–H and O–H groups in total. The highest BCUT2D eigenvalue weighted by molar-refractivity contribution is 6.50. The molecule has 0 fully saturated rings. The highest BCUT2D eigenvalue weighted by Crippen LogP contribution is 1.89. The summed E-state index contributed by atoms with van der Waals surface area (Å²) >= 11 is 0. The SMILES string of the molecule is C=COB(C=C)OC=C. The molecule has 0 aliphatic rings. The highest BCUT2D eigenvalue weighted by Gasteiger charge is 2.11. The van der Waals surface area contributed by atoms with Gasteiger partial charge >= 0.3 is 7.12 Å². The van der Waals surface area contributed by atoms with E-state index in [1.54, 1.807) is 0 Å². The molecule has 0 heterocycles. The maximum atomic E-state index is 4.78. The van der Waals surface area contributed by atoms with Gasteiger partial charge in [0.05, 0.1) is 12.5 Å². The zero-order valence-corrected chi connectivity index (χ0v) is 5.25. The van der Waals surface area contributed by atoms with E-state index in [1.165, 1.54) is 18.5 Å². The highest BCUT2D eigenvalue weighted by atomic mass is 16.6. The molecule has 0 aromatic rings. The average Bonchev–Trinajstić information content (AvgIpc) is 1.88. The van der Waals surface area contributed by atoms with Crippen molar-refractivity contribution in [3.05, 3.63) is 38.2 Å². The Balaban J connectivity index is 3.51. The summed E-state index contributed by atoms with van der Waals surface area (Å²) in [5, 5.41) is 0. The van der Waals surface area contributed by atoms with E-state index in [1.807, 2.05) is 0 Å². The van der Waals surface area contributed by atoms with Gasteiger partial charge in [0.2, 0.25) is 0 Å². The Bertz CT molecular complexity index is 102. The second kappa shape index (κ2) is 5.03. The molecule has 0 aromatic heterocycles. The van der Waals surface area contributed by atoms with Gasteiger partial charge in [-0.3, -0.25) is 0 Å². The summed E-state index contributed by atoms with van der Waals surface area (Å²) in [6, 6.07) is 0. The van der Waals surface area contributed by atoms with Crippen LogP contribution in [0.4, 0.5) is 0 Å². The van der Waals surface area contributed by atoms with Gasteiger partial charge in [0.15, 0.2) is 0 Å². The zero-order chi connectivity index (χ0) is 7.11. The van der Waals surface area contributed by atoms with Gasteiger partial charge in [0, 0.05) is 0 Å². The van der Waals surface area contributed by atoms with E-state index >= 15 is 0 Å². The smallest absolute Gasteiger partial charge is 0.529 e. The van der Waals surface area contributed by atoms with Crippen molar-refractivity contribution in [2.24, 2.45) is 0 Å². The van der Waals surface area contributed by atoms with E-state index in [2.05, 4.69) is 19.7 Å². The summed E-state index contributed by atoms with van der Waals surface area (Å²) in [4.78, 5) is 0. The first-order chi connectivity index (χ1) is 4.35. The topological polar surface area (TPSA) is 18.5 Å². The van der Waals surface area contributed by atoms with E-state index in [-0.39, 0.29) is 0 Å². The molecule has 0 spiro atoms. The van der Waals surface area contributed by atoms with Crippen molar-refractivity contribution in [2.45, 2.75) is 0 Å². The van der Waals surface area contributed by atoms with Crippen LogP contribution in [0.25, 0.3) is 0 Å². The molecule has 0 atom stereocenters. The Hall–Kier alpha value is -1.12. The average molecular weight is 124 g/mol. The molecule has 0 aliphatic heterocycles. The van der Waals surface area contributed by atoms with E-state index in [0.29, 0.717) is 0 Å². The molecule has 0 aliphatic carbocycles. The molecule has 0 aromatic carbocycles. The fourth-order valence-electron chi connectivity index (χ4n) is 0.333. The number of hydrogen-bond acceptors (Lipinski definition) is 2. The molecular weight excluding hydrogens is 115 g/mol. The van der Waals surface area contributed by atoms with E-state index < -0.39 is 7.12 Å². The minimum atomic E-state index is -0.458. The standard InChI is InChI=1S/C6H9BO2/c1-4-7(8-5-2)9-6-3/h4-6H,1-3H2. The maximum Gasteiger partial charge on any atom is 0.623 e. The van der Waals surface area contributed by atoms with Gasteiger partial charge in [0.1, 0.15) is 0 Å². The van der Waals surface area contributed by atoms with Crippen LogP contribution in [0.2, 0.25) is 0 Å². The molecule has 0 bridgehead atoms. The minimum Gasteiger partial charge on any atom is -0.529 e. The summed E-state index contributed by atoms with van der Waals surface area (Å²) in [6.45, 7) is 10.1. The second-order valence-electron chi connectivity index (χ2n) is 1.21. The van der Waals surface area contributed by atoms with Crippen molar-refractivity contribution >= 4 is 7.12 Å². The van der Waals surface area contributed by atoms with Crippen molar-refractivity contribution in [2.75, 3.05) is 0 Å². The van der Waals surface area contributed by atoms with Crippen LogP contribution in [0.1, 0.15) is 0 Å². The fraction of sp³-hybridized carbons (Fsp3) is 0. The fourth-order valence-corrected chi connectivity index (χ4v) is 0.333. The molecule has 0 radical (unpaired) electrons. The molecule has 3 heteroatoms. The predicted octanol–water partition coefficient (Wildman–Crippen LogP) is 1.52. The molecule has 0 rings (SSSR count). The Labute approximate surface area is 55.6 Å². The van der Waals surface area contributed by atoms with Crippen molar-refractivity contribution in [3.8, 4) is 0 Å². The maximum absolute atomic E-state index is 4.78. The summed E-state index contributed by atoms with van der Waals surface area (Å²) in [5.74, 6) is 1.50. The lowest BCUT2D eigenvalue weighted by Crippen LogP contribution is -2.13. The van der Waals surface area contributed by atoms with Crippen molar-refractivity contribution in [1.82, 2.24) is 0 Å². The van der Waals surface area contributed by atoms with Crippen molar-refractivity contribution in [1.29, 1.82) is 0 Å². The molecule has 2 nitrogen and oxygen atoms in total.